The summed E-state index contributed by atoms with van der Waals surface area (Å²) in [7, 11) is -1.94. The van der Waals surface area contributed by atoms with E-state index in [1.54, 1.807) is 18.2 Å². The molecule has 0 radical (unpaired) electrons. The van der Waals surface area contributed by atoms with Crippen molar-refractivity contribution < 1.29 is 13.2 Å². The average molecular weight is 268 g/mol. The molecule has 0 spiro atoms. The van der Waals surface area contributed by atoms with Crippen LogP contribution in [0.25, 0.3) is 0 Å². The van der Waals surface area contributed by atoms with Gasteiger partial charge in [0.15, 0.2) is 0 Å². The molecule has 0 aliphatic rings. The molecule has 1 aromatic carbocycles. The Morgan fingerprint density at radius 3 is 2.78 bits per heavy atom. The van der Waals surface area contributed by atoms with E-state index in [-0.39, 0.29) is 12.4 Å². The molecule has 6 heteroatoms. The van der Waals surface area contributed by atoms with E-state index >= 15 is 0 Å². The number of hydrogen-bond acceptors (Lipinski definition) is 4. The van der Waals surface area contributed by atoms with E-state index < -0.39 is 10.0 Å². The quantitative estimate of drug-likeness (QED) is 0.730. The summed E-state index contributed by atoms with van der Waals surface area (Å²) in [6.45, 7) is 2.47. The summed E-state index contributed by atoms with van der Waals surface area (Å²) in [4.78, 5) is 0. The maximum absolute atomic E-state index is 12.0. The van der Waals surface area contributed by atoms with Gasteiger partial charge >= 0.3 is 0 Å². The lowest BCUT2D eigenvalue weighted by Gasteiger charge is -2.19. The van der Waals surface area contributed by atoms with Crippen LogP contribution in [-0.2, 0) is 14.8 Å². The van der Waals surface area contributed by atoms with Crippen LogP contribution in [0.2, 0.25) is 0 Å². The zero-order chi connectivity index (χ0) is 13.6. The number of nitrogens with zero attached hydrogens (tertiary/aromatic N) is 2. The van der Waals surface area contributed by atoms with E-state index in [4.69, 9.17) is 10.00 Å². The maximum atomic E-state index is 12.0. The second-order valence-corrected chi connectivity index (χ2v) is 5.76. The van der Waals surface area contributed by atoms with Crippen LogP contribution >= 0.6 is 0 Å². The average Bonchev–Trinajstić information content (AvgIpc) is 2.38. The normalized spacial score (nSPS) is 10.9. The highest BCUT2D eigenvalue weighted by Crippen LogP contribution is 2.17. The maximum Gasteiger partial charge on any atom is 0.237 e. The van der Waals surface area contributed by atoms with Gasteiger partial charge in [-0.25, -0.2) is 8.42 Å². The SMILES string of the molecule is CCOCCS(=O)(=O)N(C)c1cccc(C#N)c1. The molecule has 0 heterocycles. The van der Waals surface area contributed by atoms with Gasteiger partial charge in [-0.15, -0.1) is 0 Å². The third-order valence-electron chi connectivity index (χ3n) is 2.45. The van der Waals surface area contributed by atoms with Crippen molar-refractivity contribution in [3.63, 3.8) is 0 Å². The highest BCUT2D eigenvalue weighted by Gasteiger charge is 2.18. The van der Waals surface area contributed by atoms with Crippen molar-refractivity contribution in [2.45, 2.75) is 6.92 Å². The van der Waals surface area contributed by atoms with Crippen LogP contribution in [0.3, 0.4) is 0 Å². The molecule has 5 nitrogen and oxygen atoms in total. The molecule has 0 fully saturated rings. The number of sulfonamides is 1. The smallest absolute Gasteiger partial charge is 0.237 e. The molecule has 1 aromatic rings. The zero-order valence-electron chi connectivity index (χ0n) is 10.5. The monoisotopic (exact) mass is 268 g/mol. The summed E-state index contributed by atoms with van der Waals surface area (Å²) in [6.07, 6.45) is 0. The van der Waals surface area contributed by atoms with Gasteiger partial charge in [-0.2, -0.15) is 5.26 Å². The Hall–Kier alpha value is -1.58. The van der Waals surface area contributed by atoms with Crippen molar-refractivity contribution in [1.29, 1.82) is 5.26 Å². The Bertz CT molecular complexity index is 534. The molecule has 0 aromatic heterocycles. The number of nitriles is 1. The summed E-state index contributed by atoms with van der Waals surface area (Å²) in [5.41, 5.74) is 0.907. The van der Waals surface area contributed by atoms with Gasteiger partial charge in [0, 0.05) is 13.7 Å². The minimum absolute atomic E-state index is 0.0753. The second kappa shape index (κ2) is 6.38. The van der Waals surface area contributed by atoms with Crippen molar-refractivity contribution in [3.8, 4) is 6.07 Å². The van der Waals surface area contributed by atoms with Gasteiger partial charge < -0.3 is 4.74 Å². The summed E-state index contributed by atoms with van der Waals surface area (Å²) in [6, 6.07) is 8.46. The molecule has 0 N–H and O–H groups in total. The van der Waals surface area contributed by atoms with Crippen LogP contribution in [0.15, 0.2) is 24.3 Å². The van der Waals surface area contributed by atoms with Gasteiger partial charge in [-0.05, 0) is 25.1 Å². The highest BCUT2D eigenvalue weighted by atomic mass is 32.2. The zero-order valence-corrected chi connectivity index (χ0v) is 11.3. The van der Waals surface area contributed by atoms with Crippen LogP contribution in [0, 0.1) is 11.3 Å². The molecular weight excluding hydrogens is 252 g/mol. The summed E-state index contributed by atoms with van der Waals surface area (Å²) < 4.78 is 30.2. The highest BCUT2D eigenvalue weighted by molar-refractivity contribution is 7.92. The van der Waals surface area contributed by atoms with E-state index in [0.29, 0.717) is 17.9 Å². The number of rotatable bonds is 6. The van der Waals surface area contributed by atoms with E-state index in [9.17, 15) is 8.42 Å². The second-order valence-electron chi connectivity index (χ2n) is 3.64. The third-order valence-corrected chi connectivity index (χ3v) is 4.17. The minimum Gasteiger partial charge on any atom is -0.381 e. The topological polar surface area (TPSA) is 70.4 Å². The molecule has 0 saturated carbocycles. The molecule has 0 aliphatic heterocycles. The molecule has 1 rings (SSSR count). The van der Waals surface area contributed by atoms with Crippen molar-refractivity contribution in [1.82, 2.24) is 0 Å². The first-order chi connectivity index (χ1) is 8.51. The van der Waals surface area contributed by atoms with Gasteiger partial charge in [0.2, 0.25) is 10.0 Å². The van der Waals surface area contributed by atoms with Crippen LogP contribution in [0.1, 0.15) is 12.5 Å². The van der Waals surface area contributed by atoms with Gasteiger partial charge in [0.05, 0.1) is 29.7 Å². The van der Waals surface area contributed by atoms with Crippen LogP contribution < -0.4 is 4.31 Å². The first-order valence-corrected chi connectivity index (χ1v) is 7.16. The predicted octanol–water partition coefficient (Wildman–Crippen LogP) is 1.36. The van der Waals surface area contributed by atoms with E-state index in [0.717, 1.165) is 0 Å². The Morgan fingerprint density at radius 2 is 2.17 bits per heavy atom. The Kier molecular flexibility index (Phi) is 5.13. The van der Waals surface area contributed by atoms with E-state index in [1.165, 1.54) is 17.4 Å². The van der Waals surface area contributed by atoms with Crippen LogP contribution in [0.5, 0.6) is 0 Å². The van der Waals surface area contributed by atoms with Crippen molar-refractivity contribution in [2.24, 2.45) is 0 Å². The fourth-order valence-electron chi connectivity index (χ4n) is 1.38. The van der Waals surface area contributed by atoms with Crippen LogP contribution in [0.4, 0.5) is 5.69 Å². The number of anilines is 1. The molecule has 0 unspecified atom stereocenters. The molecule has 18 heavy (non-hydrogen) atoms. The standard InChI is InChI=1S/C12H16N2O3S/c1-3-17-7-8-18(15,16)14(2)12-6-4-5-11(9-12)10-13/h4-6,9H,3,7-8H2,1-2H3. The first kappa shape index (κ1) is 14.5. The van der Waals surface area contributed by atoms with Crippen LogP contribution in [-0.4, -0.2) is 34.4 Å². The predicted molar refractivity (Wildman–Crippen MR) is 69.8 cm³/mol. The number of ether oxygens (including phenoxy) is 1. The van der Waals surface area contributed by atoms with Gasteiger partial charge in [0.25, 0.3) is 0 Å². The molecule has 0 saturated heterocycles. The Balaban J connectivity index is 2.85. The molecular formula is C12H16N2O3S. The molecule has 98 valence electrons. The molecule has 0 bridgehead atoms. The lowest BCUT2D eigenvalue weighted by molar-refractivity contribution is 0.163. The van der Waals surface area contributed by atoms with Crippen molar-refractivity contribution >= 4 is 15.7 Å². The Labute approximate surface area is 108 Å². The fourth-order valence-corrected chi connectivity index (χ4v) is 2.41. The molecule has 0 aliphatic carbocycles. The fraction of sp³-hybridized carbons (Fsp3) is 0.417. The Morgan fingerprint density at radius 1 is 1.44 bits per heavy atom. The van der Waals surface area contributed by atoms with Gasteiger partial charge in [-0.1, -0.05) is 6.07 Å². The van der Waals surface area contributed by atoms with Crippen molar-refractivity contribution in [2.75, 3.05) is 30.3 Å². The van der Waals surface area contributed by atoms with Crippen molar-refractivity contribution in [3.05, 3.63) is 29.8 Å². The summed E-state index contributed by atoms with van der Waals surface area (Å²) in [5, 5.41) is 8.78. The van der Waals surface area contributed by atoms with Gasteiger partial charge in [-0.3, -0.25) is 4.31 Å². The molecule has 0 amide bonds. The third kappa shape index (κ3) is 3.72. The lowest BCUT2D eigenvalue weighted by atomic mass is 10.2. The van der Waals surface area contributed by atoms with E-state index in [1.807, 2.05) is 13.0 Å². The first-order valence-electron chi connectivity index (χ1n) is 5.55. The number of hydrogen-bond donors (Lipinski definition) is 0. The summed E-state index contributed by atoms with van der Waals surface area (Å²) >= 11 is 0. The molecule has 0 atom stereocenters. The summed E-state index contributed by atoms with van der Waals surface area (Å²) in [5.74, 6) is -0.0753. The van der Waals surface area contributed by atoms with Gasteiger partial charge in [0.1, 0.15) is 0 Å². The lowest BCUT2D eigenvalue weighted by Crippen LogP contribution is -2.30. The minimum atomic E-state index is -3.41. The number of benzene rings is 1. The largest absolute Gasteiger partial charge is 0.381 e. The van der Waals surface area contributed by atoms with E-state index in [2.05, 4.69) is 0 Å².